The number of rotatable bonds is 15. The molecule has 3 rings (SSSR count). The van der Waals surface area contributed by atoms with Crippen molar-refractivity contribution in [1.29, 1.82) is 0 Å². The molecule has 0 aliphatic heterocycles. The zero-order valence-corrected chi connectivity index (χ0v) is 28.9. The standard InChI is InChI=1S/C40H51N3O4/c1-8-10-11-12-13-17-27-43(38(45)34(28-32-21-15-14-16-22-32)41-39(46)47-40(5,6)7)36(33-25-23-31(9-2)24-26-33)37(44)42-35-29(3)19-18-20-30(35)4/h2,14-16,18-26,34,36H,8,10-13,17,27-28H2,1,3-7H3,(H,41,46)(H,42,44). The first-order valence-corrected chi connectivity index (χ1v) is 16.7. The molecule has 47 heavy (non-hydrogen) atoms. The Kier molecular flexibility index (Phi) is 14.1. The molecule has 0 saturated carbocycles. The number of terminal acetylenes is 1. The molecule has 0 fully saturated rings. The molecule has 7 nitrogen and oxygen atoms in total. The summed E-state index contributed by atoms with van der Waals surface area (Å²) in [7, 11) is 0. The smallest absolute Gasteiger partial charge is 0.408 e. The van der Waals surface area contributed by atoms with Gasteiger partial charge in [0.1, 0.15) is 17.7 Å². The fraction of sp³-hybridized carbons (Fsp3) is 0.425. The van der Waals surface area contributed by atoms with E-state index in [1.54, 1.807) is 49.9 Å². The Morgan fingerprint density at radius 2 is 1.47 bits per heavy atom. The van der Waals surface area contributed by atoms with E-state index in [1.165, 1.54) is 0 Å². The lowest BCUT2D eigenvalue weighted by molar-refractivity contribution is -0.140. The second-order valence-electron chi connectivity index (χ2n) is 13.1. The van der Waals surface area contributed by atoms with E-state index in [2.05, 4.69) is 23.5 Å². The van der Waals surface area contributed by atoms with Crippen LogP contribution in [0.5, 0.6) is 0 Å². The summed E-state index contributed by atoms with van der Waals surface area (Å²) < 4.78 is 5.58. The number of hydrogen-bond donors (Lipinski definition) is 2. The van der Waals surface area contributed by atoms with Gasteiger partial charge in [-0.2, -0.15) is 0 Å². The molecule has 0 aliphatic rings. The Bertz CT molecular complexity index is 1480. The number of ether oxygens (including phenoxy) is 1. The van der Waals surface area contributed by atoms with Gasteiger partial charge >= 0.3 is 6.09 Å². The minimum atomic E-state index is -0.984. The van der Waals surface area contributed by atoms with Crippen molar-refractivity contribution in [2.45, 2.75) is 104 Å². The van der Waals surface area contributed by atoms with Crippen LogP contribution in [0.4, 0.5) is 10.5 Å². The minimum absolute atomic E-state index is 0.229. The highest BCUT2D eigenvalue weighted by Gasteiger charge is 2.36. The highest BCUT2D eigenvalue weighted by atomic mass is 16.6. The van der Waals surface area contributed by atoms with Crippen LogP contribution in [-0.2, 0) is 20.7 Å². The number of amides is 3. The summed E-state index contributed by atoms with van der Waals surface area (Å²) in [6.45, 7) is 11.7. The largest absolute Gasteiger partial charge is 0.444 e. The summed E-state index contributed by atoms with van der Waals surface area (Å²) in [5.74, 6) is 1.92. The fourth-order valence-corrected chi connectivity index (χ4v) is 5.57. The molecular weight excluding hydrogens is 586 g/mol. The Morgan fingerprint density at radius 3 is 2.06 bits per heavy atom. The highest BCUT2D eigenvalue weighted by Crippen LogP contribution is 2.28. The molecular formula is C40H51N3O4. The third-order valence-electron chi connectivity index (χ3n) is 7.99. The van der Waals surface area contributed by atoms with Crippen molar-refractivity contribution < 1.29 is 19.1 Å². The van der Waals surface area contributed by atoms with E-state index in [0.717, 1.165) is 48.8 Å². The van der Waals surface area contributed by atoms with Crippen LogP contribution in [0.1, 0.15) is 100 Å². The van der Waals surface area contributed by atoms with Crippen molar-refractivity contribution >= 4 is 23.6 Å². The van der Waals surface area contributed by atoms with Crippen molar-refractivity contribution in [3.63, 3.8) is 0 Å². The van der Waals surface area contributed by atoms with Gasteiger partial charge in [0.2, 0.25) is 5.91 Å². The van der Waals surface area contributed by atoms with Crippen molar-refractivity contribution in [3.05, 3.63) is 101 Å². The molecule has 3 aromatic carbocycles. The number of para-hydroxylation sites is 1. The summed E-state index contributed by atoms with van der Waals surface area (Å²) in [5.41, 5.74) is 3.96. The van der Waals surface area contributed by atoms with Crippen LogP contribution in [0.2, 0.25) is 0 Å². The molecule has 0 bridgehead atoms. The predicted octanol–water partition coefficient (Wildman–Crippen LogP) is 8.29. The summed E-state index contributed by atoms with van der Waals surface area (Å²) >= 11 is 0. The molecule has 3 amide bonds. The monoisotopic (exact) mass is 637 g/mol. The number of hydrogen-bond acceptors (Lipinski definition) is 4. The highest BCUT2D eigenvalue weighted by molar-refractivity contribution is 6.00. The summed E-state index contributed by atoms with van der Waals surface area (Å²) in [6, 6.07) is 20.6. The zero-order valence-electron chi connectivity index (χ0n) is 28.9. The molecule has 0 saturated heterocycles. The molecule has 0 aliphatic carbocycles. The van der Waals surface area contributed by atoms with Gasteiger partial charge in [-0.15, -0.1) is 6.42 Å². The molecule has 0 radical (unpaired) electrons. The number of alkyl carbamates (subject to hydrolysis) is 1. The van der Waals surface area contributed by atoms with E-state index in [4.69, 9.17) is 11.2 Å². The third kappa shape index (κ3) is 11.6. The second-order valence-corrected chi connectivity index (χ2v) is 13.1. The number of nitrogens with zero attached hydrogens (tertiary/aromatic N) is 1. The van der Waals surface area contributed by atoms with E-state index in [0.29, 0.717) is 29.8 Å². The van der Waals surface area contributed by atoms with Gasteiger partial charge in [0.05, 0.1) is 0 Å². The average Bonchev–Trinajstić information content (AvgIpc) is 3.03. The van der Waals surface area contributed by atoms with Gasteiger partial charge in [0.15, 0.2) is 0 Å². The summed E-state index contributed by atoms with van der Waals surface area (Å²) in [5, 5.41) is 5.98. The average molecular weight is 638 g/mol. The normalized spacial score (nSPS) is 12.4. The van der Waals surface area contributed by atoms with Crippen molar-refractivity contribution in [2.24, 2.45) is 0 Å². The van der Waals surface area contributed by atoms with Gasteiger partial charge in [-0.3, -0.25) is 9.59 Å². The van der Waals surface area contributed by atoms with Gasteiger partial charge in [0, 0.05) is 24.2 Å². The summed E-state index contributed by atoms with van der Waals surface area (Å²) in [4.78, 5) is 43.9. The van der Waals surface area contributed by atoms with Crippen molar-refractivity contribution in [1.82, 2.24) is 10.2 Å². The number of nitrogens with one attached hydrogen (secondary N) is 2. The van der Waals surface area contributed by atoms with Crippen LogP contribution in [0.3, 0.4) is 0 Å². The van der Waals surface area contributed by atoms with E-state index in [1.807, 2.05) is 62.4 Å². The van der Waals surface area contributed by atoms with E-state index in [-0.39, 0.29) is 18.2 Å². The molecule has 250 valence electrons. The SMILES string of the molecule is C#Cc1ccc(C(C(=O)Nc2c(C)cccc2C)N(CCCCCCCC)C(=O)C(Cc2ccccc2)NC(=O)OC(C)(C)C)cc1. The van der Waals surface area contributed by atoms with Gasteiger partial charge in [-0.05, 0) is 75.4 Å². The summed E-state index contributed by atoms with van der Waals surface area (Å²) in [6.07, 6.45) is 11.2. The Morgan fingerprint density at radius 1 is 0.851 bits per heavy atom. The quantitative estimate of drug-likeness (QED) is 0.130. The maximum Gasteiger partial charge on any atom is 0.408 e. The lowest BCUT2D eigenvalue weighted by atomic mass is 9.98. The molecule has 2 unspecified atom stereocenters. The van der Waals surface area contributed by atoms with Crippen LogP contribution in [0.25, 0.3) is 0 Å². The van der Waals surface area contributed by atoms with Crippen molar-refractivity contribution in [3.8, 4) is 12.3 Å². The Labute approximate surface area is 281 Å². The number of anilines is 1. The first kappa shape index (κ1) is 36.9. The molecule has 2 atom stereocenters. The lowest BCUT2D eigenvalue weighted by Crippen LogP contribution is -2.53. The van der Waals surface area contributed by atoms with Gasteiger partial charge in [-0.1, -0.05) is 106 Å². The Balaban J connectivity index is 2.09. The molecule has 0 aromatic heterocycles. The van der Waals surface area contributed by atoms with Crippen molar-refractivity contribution in [2.75, 3.05) is 11.9 Å². The van der Waals surface area contributed by atoms with Crippen LogP contribution in [-0.4, -0.2) is 41.0 Å². The maximum absolute atomic E-state index is 14.8. The number of benzene rings is 3. The van der Waals surface area contributed by atoms with E-state index in [9.17, 15) is 14.4 Å². The molecule has 0 heterocycles. The maximum atomic E-state index is 14.8. The number of carbonyl (C=O) groups excluding carboxylic acids is 3. The van der Waals surface area contributed by atoms with Crippen LogP contribution >= 0.6 is 0 Å². The topological polar surface area (TPSA) is 87.7 Å². The zero-order chi connectivity index (χ0) is 34.4. The number of unbranched alkanes of at least 4 members (excludes halogenated alkanes) is 5. The second kappa shape index (κ2) is 17.9. The molecule has 3 aromatic rings. The molecule has 7 heteroatoms. The lowest BCUT2D eigenvalue weighted by Gasteiger charge is -2.35. The first-order chi connectivity index (χ1) is 22.4. The number of carbonyl (C=O) groups is 3. The van der Waals surface area contributed by atoms with E-state index >= 15 is 0 Å². The third-order valence-corrected chi connectivity index (χ3v) is 7.99. The van der Waals surface area contributed by atoms with Crippen LogP contribution in [0, 0.1) is 26.2 Å². The minimum Gasteiger partial charge on any atom is -0.444 e. The van der Waals surface area contributed by atoms with Gasteiger partial charge in [-0.25, -0.2) is 4.79 Å². The first-order valence-electron chi connectivity index (χ1n) is 16.7. The Hall–Kier alpha value is -4.57. The van der Waals surface area contributed by atoms with Gasteiger partial charge < -0.3 is 20.3 Å². The van der Waals surface area contributed by atoms with Gasteiger partial charge in [0.25, 0.3) is 5.91 Å². The van der Waals surface area contributed by atoms with Crippen LogP contribution < -0.4 is 10.6 Å². The fourth-order valence-electron chi connectivity index (χ4n) is 5.57. The predicted molar refractivity (Wildman–Crippen MR) is 190 cm³/mol. The number of aryl methyl sites for hydroxylation is 2. The van der Waals surface area contributed by atoms with Crippen LogP contribution in [0.15, 0.2) is 72.8 Å². The molecule has 0 spiro atoms. The van der Waals surface area contributed by atoms with E-state index < -0.39 is 23.8 Å². The molecule has 2 N–H and O–H groups in total.